The predicted molar refractivity (Wildman–Crippen MR) is 158 cm³/mol. The molecule has 16 heteroatoms. The van der Waals surface area contributed by atoms with Gasteiger partial charge in [0, 0.05) is 42.7 Å². The molecule has 1 aliphatic rings. The summed E-state index contributed by atoms with van der Waals surface area (Å²) in [7, 11) is 0. The molecule has 4 amide bonds. The van der Waals surface area contributed by atoms with Gasteiger partial charge in [-0.3, -0.25) is 34.8 Å². The highest BCUT2D eigenvalue weighted by molar-refractivity contribution is 6.00. The van der Waals surface area contributed by atoms with Crippen LogP contribution in [0, 0.1) is 10.8 Å². The fourth-order valence-corrected chi connectivity index (χ4v) is 4.10. The van der Waals surface area contributed by atoms with Crippen LogP contribution in [0.2, 0.25) is 0 Å². The Balaban J connectivity index is 0.00000441. The summed E-state index contributed by atoms with van der Waals surface area (Å²) in [5.74, 6) is -3.72. The van der Waals surface area contributed by atoms with Crippen LogP contribution in [0.5, 0.6) is 0 Å². The Morgan fingerprint density at radius 3 is 1.90 bits per heavy atom. The summed E-state index contributed by atoms with van der Waals surface area (Å²) in [4.78, 5) is 64.9. The number of piperazine rings is 1. The summed E-state index contributed by atoms with van der Waals surface area (Å²) >= 11 is 0. The van der Waals surface area contributed by atoms with Gasteiger partial charge in [-0.2, -0.15) is 0 Å². The summed E-state index contributed by atoms with van der Waals surface area (Å²) in [5, 5.41) is 29.0. The Labute approximate surface area is 253 Å². The number of benzene rings is 2. The van der Waals surface area contributed by atoms with Gasteiger partial charge in [0.05, 0.1) is 12.4 Å². The van der Waals surface area contributed by atoms with Crippen molar-refractivity contribution in [1.82, 2.24) is 20.4 Å². The Morgan fingerprint density at radius 1 is 0.857 bits per heavy atom. The molecular weight excluding hydrogens is 591 g/mol. The van der Waals surface area contributed by atoms with Gasteiger partial charge in [-0.1, -0.05) is 24.3 Å². The number of nitrogen functional groups attached to an aromatic ring is 1. The highest BCUT2D eigenvalue weighted by atomic mass is 35.5. The van der Waals surface area contributed by atoms with E-state index in [1.54, 1.807) is 12.1 Å². The SMILES string of the molecule is Cl.Cl.N=C(N)Cc1ccc(C(=O)NC[C@H]2C(=O)N(CC(=O)O)CCN2C(=O)CNC(=O)c2ccc(C(=N)N)cc2)cc1. The number of hydrogen-bond donors (Lipinski definition) is 7. The van der Waals surface area contributed by atoms with E-state index in [1.165, 1.54) is 41.3 Å². The zero-order chi connectivity index (χ0) is 29.4. The van der Waals surface area contributed by atoms with Crippen molar-refractivity contribution in [2.24, 2.45) is 11.5 Å². The quantitative estimate of drug-likeness (QED) is 0.128. The van der Waals surface area contributed by atoms with Crippen LogP contribution in [0.25, 0.3) is 0 Å². The van der Waals surface area contributed by atoms with Crippen molar-refractivity contribution in [3.63, 3.8) is 0 Å². The zero-order valence-electron chi connectivity index (χ0n) is 22.3. The first-order valence-corrected chi connectivity index (χ1v) is 12.2. The van der Waals surface area contributed by atoms with E-state index in [2.05, 4.69) is 10.6 Å². The largest absolute Gasteiger partial charge is 0.480 e. The normalized spacial score (nSPS) is 14.1. The maximum atomic E-state index is 13.1. The number of amides is 4. The van der Waals surface area contributed by atoms with Gasteiger partial charge in [0.2, 0.25) is 11.8 Å². The van der Waals surface area contributed by atoms with E-state index in [-0.39, 0.29) is 73.7 Å². The molecule has 1 heterocycles. The number of nitrogens with zero attached hydrogens (tertiary/aromatic N) is 2. The van der Waals surface area contributed by atoms with Gasteiger partial charge < -0.3 is 37.0 Å². The van der Waals surface area contributed by atoms with Gasteiger partial charge in [0.1, 0.15) is 18.4 Å². The van der Waals surface area contributed by atoms with E-state index in [9.17, 15) is 24.0 Å². The standard InChI is InChI=1S/C26H30N8O6.2ClH/c27-20(28)11-15-1-3-17(4-2-15)24(38)31-12-19-26(40)33(14-22(36)37)9-10-34(19)21(35)13-32-25(39)18-7-5-16(6-8-18)23(29)30;;/h1-8,19H,9-14H2,(H3,27,28)(H3,29,30)(H,31,38)(H,32,39)(H,36,37);2*1H/t19-;;/m0../s1. The minimum atomic E-state index is -1.22. The molecule has 9 N–H and O–H groups in total. The number of nitrogens with one attached hydrogen (secondary N) is 4. The number of carbonyl (C=O) groups excluding carboxylic acids is 4. The molecule has 1 fully saturated rings. The number of rotatable bonds is 11. The summed E-state index contributed by atoms with van der Waals surface area (Å²) in [5.41, 5.74) is 12.5. The van der Waals surface area contributed by atoms with E-state index in [0.29, 0.717) is 5.56 Å². The Kier molecular flexibility index (Phi) is 13.4. The lowest BCUT2D eigenvalue weighted by Crippen LogP contribution is -2.63. The third kappa shape index (κ3) is 9.45. The maximum absolute atomic E-state index is 13.1. The fourth-order valence-electron chi connectivity index (χ4n) is 4.10. The third-order valence-electron chi connectivity index (χ3n) is 6.16. The second kappa shape index (κ2) is 15.9. The summed E-state index contributed by atoms with van der Waals surface area (Å²) in [6.07, 6.45) is 0.231. The maximum Gasteiger partial charge on any atom is 0.323 e. The van der Waals surface area contributed by atoms with Gasteiger partial charge in [-0.05, 0) is 29.8 Å². The van der Waals surface area contributed by atoms with E-state index >= 15 is 0 Å². The summed E-state index contributed by atoms with van der Waals surface area (Å²) in [6, 6.07) is 11.1. The Hall–Kier alpha value is -4.69. The first kappa shape index (κ1) is 35.3. The van der Waals surface area contributed by atoms with Crippen LogP contribution in [0.3, 0.4) is 0 Å². The molecule has 1 aliphatic heterocycles. The van der Waals surface area contributed by atoms with Crippen LogP contribution in [-0.2, 0) is 20.8 Å². The van der Waals surface area contributed by atoms with E-state index in [1.807, 2.05) is 0 Å². The van der Waals surface area contributed by atoms with Crippen molar-refractivity contribution in [1.29, 1.82) is 10.8 Å². The lowest BCUT2D eigenvalue weighted by molar-refractivity contribution is -0.154. The van der Waals surface area contributed by atoms with Crippen LogP contribution < -0.4 is 22.1 Å². The van der Waals surface area contributed by atoms with Crippen molar-refractivity contribution in [2.45, 2.75) is 12.5 Å². The fraction of sp³-hybridized carbons (Fsp3) is 0.269. The number of carboxylic acids is 1. The molecule has 1 saturated heterocycles. The number of carboxylic acid groups (broad SMARTS) is 1. The minimum Gasteiger partial charge on any atom is -0.480 e. The van der Waals surface area contributed by atoms with Crippen molar-refractivity contribution < 1.29 is 29.1 Å². The molecule has 0 saturated carbocycles. The highest BCUT2D eigenvalue weighted by Gasteiger charge is 2.38. The number of carbonyl (C=O) groups is 5. The van der Waals surface area contributed by atoms with Gasteiger partial charge in [0.15, 0.2) is 0 Å². The monoisotopic (exact) mass is 622 g/mol. The van der Waals surface area contributed by atoms with E-state index in [0.717, 1.165) is 10.5 Å². The second-order valence-electron chi connectivity index (χ2n) is 9.04. The van der Waals surface area contributed by atoms with E-state index in [4.69, 9.17) is 27.4 Å². The van der Waals surface area contributed by atoms with Crippen LogP contribution in [0.15, 0.2) is 48.5 Å². The zero-order valence-corrected chi connectivity index (χ0v) is 23.9. The molecule has 0 aliphatic carbocycles. The first-order chi connectivity index (χ1) is 19.0. The van der Waals surface area contributed by atoms with Gasteiger partial charge >= 0.3 is 5.97 Å². The number of aliphatic carboxylic acids is 1. The van der Waals surface area contributed by atoms with Gasteiger partial charge in [0.25, 0.3) is 11.8 Å². The molecule has 3 rings (SSSR count). The van der Waals surface area contributed by atoms with Gasteiger partial charge in [-0.15, -0.1) is 24.8 Å². The average molecular weight is 623 g/mol. The Morgan fingerprint density at radius 2 is 1.38 bits per heavy atom. The number of halogens is 2. The predicted octanol–water partition coefficient (Wildman–Crippen LogP) is -0.423. The van der Waals surface area contributed by atoms with E-state index < -0.39 is 48.7 Å². The van der Waals surface area contributed by atoms with Crippen molar-refractivity contribution in [3.05, 3.63) is 70.8 Å². The molecule has 14 nitrogen and oxygen atoms in total. The second-order valence-corrected chi connectivity index (χ2v) is 9.04. The number of nitrogens with two attached hydrogens (primary N) is 2. The van der Waals surface area contributed by atoms with Crippen LogP contribution in [0.4, 0.5) is 0 Å². The minimum absolute atomic E-state index is 0. The van der Waals surface area contributed by atoms with Crippen LogP contribution in [0.1, 0.15) is 31.8 Å². The molecule has 2 aromatic rings. The number of amidine groups is 2. The Bertz CT molecular complexity index is 1340. The summed E-state index contributed by atoms with van der Waals surface area (Å²) < 4.78 is 0. The van der Waals surface area contributed by atoms with Crippen LogP contribution in [-0.4, -0.2) is 94.9 Å². The molecule has 2 aromatic carbocycles. The van der Waals surface area contributed by atoms with Crippen molar-refractivity contribution >= 4 is 66.1 Å². The third-order valence-corrected chi connectivity index (χ3v) is 6.16. The highest BCUT2D eigenvalue weighted by Crippen LogP contribution is 2.13. The number of hydrogen-bond acceptors (Lipinski definition) is 7. The molecule has 0 bridgehead atoms. The molecule has 0 spiro atoms. The van der Waals surface area contributed by atoms with Crippen molar-refractivity contribution in [2.75, 3.05) is 32.7 Å². The molecule has 226 valence electrons. The molecule has 42 heavy (non-hydrogen) atoms. The smallest absolute Gasteiger partial charge is 0.323 e. The van der Waals surface area contributed by atoms with Gasteiger partial charge in [-0.25, -0.2) is 0 Å². The van der Waals surface area contributed by atoms with Crippen LogP contribution >= 0.6 is 24.8 Å². The topological polar surface area (TPSA) is 236 Å². The molecule has 1 atom stereocenters. The molecule has 0 radical (unpaired) electrons. The first-order valence-electron chi connectivity index (χ1n) is 12.2. The average Bonchev–Trinajstić information content (AvgIpc) is 2.91. The lowest BCUT2D eigenvalue weighted by Gasteiger charge is -2.40. The van der Waals surface area contributed by atoms with Crippen molar-refractivity contribution in [3.8, 4) is 0 Å². The molecular formula is C26H32Cl2N8O6. The summed E-state index contributed by atoms with van der Waals surface area (Å²) in [6.45, 7) is -1.31. The molecule has 0 unspecified atom stereocenters. The molecule has 0 aromatic heterocycles. The lowest BCUT2D eigenvalue weighted by atomic mass is 10.1.